The van der Waals surface area contributed by atoms with E-state index in [-0.39, 0.29) is 23.9 Å². The molecule has 9 heteroatoms. The Labute approximate surface area is 233 Å². The maximum Gasteiger partial charge on any atom is 0.255 e. The molecule has 3 aliphatic rings. The SMILES string of the molecule is Cc1c(-c2cc3cccc(OC[C@@H]4CCC(=O)N4)c3n2CC2CC2)nn2cc(C(=O)N3CCC[C@@H](N)C3)ccc12. The van der Waals surface area contributed by atoms with Gasteiger partial charge in [-0.3, -0.25) is 9.59 Å². The summed E-state index contributed by atoms with van der Waals surface area (Å²) in [5.41, 5.74) is 11.9. The number of carbonyl (C=O) groups is 2. The predicted octanol–water partition coefficient (Wildman–Crippen LogP) is 3.90. The molecule has 2 aliphatic heterocycles. The van der Waals surface area contributed by atoms with E-state index in [1.807, 2.05) is 39.9 Å². The van der Waals surface area contributed by atoms with Crippen molar-refractivity contribution in [2.45, 2.75) is 64.1 Å². The van der Waals surface area contributed by atoms with E-state index in [9.17, 15) is 9.59 Å². The summed E-state index contributed by atoms with van der Waals surface area (Å²) in [7, 11) is 0. The molecular weight excluding hydrogens is 504 g/mol. The molecule has 2 amide bonds. The highest BCUT2D eigenvalue weighted by Crippen LogP contribution is 2.39. The predicted molar refractivity (Wildman–Crippen MR) is 153 cm³/mol. The number of hydrogen-bond donors (Lipinski definition) is 2. The Morgan fingerprint density at radius 2 is 2.05 bits per heavy atom. The summed E-state index contributed by atoms with van der Waals surface area (Å²) in [6.07, 6.45) is 7.58. The lowest BCUT2D eigenvalue weighted by Gasteiger charge is -2.30. The Kier molecular flexibility index (Phi) is 6.26. The number of benzene rings is 1. The van der Waals surface area contributed by atoms with Crippen LogP contribution in [-0.4, -0.2) is 62.7 Å². The number of piperidine rings is 1. The fourth-order valence-corrected chi connectivity index (χ4v) is 6.26. The highest BCUT2D eigenvalue weighted by atomic mass is 16.5. The number of nitrogens with one attached hydrogen (secondary N) is 1. The van der Waals surface area contributed by atoms with Gasteiger partial charge in [0.15, 0.2) is 0 Å². The van der Waals surface area contributed by atoms with Crippen LogP contribution in [0.1, 0.15) is 54.4 Å². The Balaban J connectivity index is 1.26. The van der Waals surface area contributed by atoms with Crippen LogP contribution in [0, 0.1) is 12.8 Å². The highest BCUT2D eigenvalue weighted by molar-refractivity contribution is 5.95. The largest absolute Gasteiger partial charge is 0.489 e. The molecule has 1 aromatic carbocycles. The zero-order valence-corrected chi connectivity index (χ0v) is 22.9. The van der Waals surface area contributed by atoms with Crippen LogP contribution in [0.2, 0.25) is 0 Å². The Morgan fingerprint density at radius 3 is 2.83 bits per heavy atom. The third kappa shape index (κ3) is 4.62. The first kappa shape index (κ1) is 25.1. The molecule has 0 bridgehead atoms. The van der Waals surface area contributed by atoms with Crippen molar-refractivity contribution in [1.82, 2.24) is 24.4 Å². The number of para-hydroxylation sites is 1. The zero-order valence-electron chi connectivity index (χ0n) is 22.9. The summed E-state index contributed by atoms with van der Waals surface area (Å²) in [6.45, 7) is 4.81. The van der Waals surface area contributed by atoms with Crippen LogP contribution < -0.4 is 15.8 Å². The summed E-state index contributed by atoms with van der Waals surface area (Å²) in [5, 5.41) is 9.14. The second-order valence-corrected chi connectivity index (χ2v) is 11.8. The average Bonchev–Trinajstić information content (AvgIpc) is 3.43. The van der Waals surface area contributed by atoms with Crippen LogP contribution in [0.25, 0.3) is 27.8 Å². The van der Waals surface area contributed by atoms with Gasteiger partial charge in [-0.2, -0.15) is 5.10 Å². The molecule has 40 heavy (non-hydrogen) atoms. The summed E-state index contributed by atoms with van der Waals surface area (Å²) >= 11 is 0. The zero-order chi connectivity index (χ0) is 27.4. The van der Waals surface area contributed by atoms with Gasteiger partial charge in [-0.15, -0.1) is 0 Å². The molecule has 0 radical (unpaired) electrons. The Morgan fingerprint density at radius 1 is 1.18 bits per heavy atom. The highest BCUT2D eigenvalue weighted by Gasteiger charge is 2.28. The summed E-state index contributed by atoms with van der Waals surface area (Å²) < 4.78 is 10.5. The fraction of sp³-hybridized carbons (Fsp3) is 0.452. The van der Waals surface area contributed by atoms with Gasteiger partial charge in [0.2, 0.25) is 5.91 Å². The third-order valence-electron chi connectivity index (χ3n) is 8.66. The van der Waals surface area contributed by atoms with Crippen LogP contribution in [0.15, 0.2) is 42.6 Å². The van der Waals surface area contributed by atoms with E-state index in [2.05, 4.69) is 28.9 Å². The molecule has 0 spiro atoms. The summed E-state index contributed by atoms with van der Waals surface area (Å²) in [6, 6.07) is 12.4. The van der Waals surface area contributed by atoms with Crippen LogP contribution in [-0.2, 0) is 11.3 Å². The van der Waals surface area contributed by atoms with E-state index >= 15 is 0 Å². The topological polar surface area (TPSA) is 107 Å². The number of rotatable bonds is 7. The number of likely N-dealkylation sites (tertiary alicyclic amines) is 1. The smallest absolute Gasteiger partial charge is 0.255 e. The molecule has 1 saturated carbocycles. The standard InChI is InChI=1S/C31H36N6O3/c1-19-25-11-9-22(31(39)35-13-3-5-23(32)17-35)16-37(25)34-29(19)26-14-21-4-2-6-27(30(21)36(26)15-20-7-8-20)40-18-24-10-12-28(38)33-24/h2,4,6,9,11,14,16,20,23-24H,3,5,7-8,10,12-13,15,17-18,32H2,1H3,(H,33,38)/t23-,24+/m1/s1. The molecular formula is C31H36N6O3. The van der Waals surface area contributed by atoms with Crippen LogP contribution >= 0.6 is 0 Å². The van der Waals surface area contributed by atoms with Gasteiger partial charge < -0.3 is 25.3 Å². The van der Waals surface area contributed by atoms with Gasteiger partial charge >= 0.3 is 0 Å². The first-order valence-corrected chi connectivity index (χ1v) is 14.5. The normalized spacial score (nSPS) is 21.4. The second kappa shape index (κ2) is 9.96. The second-order valence-electron chi connectivity index (χ2n) is 11.8. The van der Waals surface area contributed by atoms with E-state index in [4.69, 9.17) is 15.6 Å². The lowest BCUT2D eigenvalue weighted by Crippen LogP contribution is -2.45. The van der Waals surface area contributed by atoms with Gasteiger partial charge in [-0.25, -0.2) is 4.52 Å². The van der Waals surface area contributed by atoms with E-state index < -0.39 is 0 Å². The Bertz CT molecular complexity index is 1620. The minimum atomic E-state index is 0.00911. The number of carbonyl (C=O) groups excluding carboxylic acids is 2. The van der Waals surface area contributed by atoms with Gasteiger partial charge in [0.05, 0.1) is 28.3 Å². The number of hydrogen-bond acceptors (Lipinski definition) is 5. The molecule has 1 aliphatic carbocycles. The van der Waals surface area contributed by atoms with Crippen molar-refractivity contribution < 1.29 is 14.3 Å². The van der Waals surface area contributed by atoms with Crippen molar-refractivity contribution in [3.63, 3.8) is 0 Å². The molecule has 2 saturated heterocycles. The van der Waals surface area contributed by atoms with Gasteiger partial charge in [0, 0.05) is 49.2 Å². The Hall–Kier alpha value is -3.85. The van der Waals surface area contributed by atoms with Crippen molar-refractivity contribution in [1.29, 1.82) is 0 Å². The molecule has 5 heterocycles. The number of amides is 2. The monoisotopic (exact) mass is 540 g/mol. The molecule has 0 unspecified atom stereocenters. The van der Waals surface area contributed by atoms with Crippen LogP contribution in [0.4, 0.5) is 0 Å². The molecule has 4 aromatic rings. The fourth-order valence-electron chi connectivity index (χ4n) is 6.26. The number of nitrogens with two attached hydrogens (primary N) is 1. The maximum absolute atomic E-state index is 13.3. The van der Waals surface area contributed by atoms with Crippen molar-refractivity contribution in [2.75, 3.05) is 19.7 Å². The van der Waals surface area contributed by atoms with E-state index in [0.29, 0.717) is 31.1 Å². The molecule has 2 atom stereocenters. The molecule has 9 nitrogen and oxygen atoms in total. The van der Waals surface area contributed by atoms with Crippen molar-refractivity contribution >= 4 is 28.2 Å². The molecule has 3 aromatic heterocycles. The van der Waals surface area contributed by atoms with E-state index in [1.54, 1.807) is 0 Å². The van der Waals surface area contributed by atoms with E-state index in [1.165, 1.54) is 12.8 Å². The van der Waals surface area contributed by atoms with Crippen molar-refractivity contribution in [3.05, 3.63) is 53.7 Å². The number of fused-ring (bicyclic) bond motifs is 2. The molecule has 3 N–H and O–H groups in total. The molecule has 7 rings (SSSR count). The number of ether oxygens (including phenoxy) is 1. The minimum absolute atomic E-state index is 0.00911. The van der Waals surface area contributed by atoms with Crippen LogP contribution in [0.3, 0.4) is 0 Å². The number of nitrogens with zero attached hydrogens (tertiary/aromatic N) is 4. The average molecular weight is 541 g/mol. The van der Waals surface area contributed by atoms with Gasteiger partial charge in [0.1, 0.15) is 18.1 Å². The van der Waals surface area contributed by atoms with Crippen molar-refractivity contribution in [3.8, 4) is 17.1 Å². The third-order valence-corrected chi connectivity index (χ3v) is 8.66. The van der Waals surface area contributed by atoms with Gasteiger partial charge in [0.25, 0.3) is 5.91 Å². The van der Waals surface area contributed by atoms with Gasteiger partial charge in [-0.05, 0) is 69.2 Å². The lowest BCUT2D eigenvalue weighted by atomic mass is 10.1. The minimum Gasteiger partial charge on any atom is -0.489 e. The summed E-state index contributed by atoms with van der Waals surface area (Å²) in [5.74, 6) is 1.58. The van der Waals surface area contributed by atoms with E-state index in [0.717, 1.165) is 71.5 Å². The number of aryl methyl sites for hydroxylation is 1. The van der Waals surface area contributed by atoms with Crippen LogP contribution in [0.5, 0.6) is 5.75 Å². The summed E-state index contributed by atoms with van der Waals surface area (Å²) in [4.78, 5) is 26.8. The first-order valence-electron chi connectivity index (χ1n) is 14.5. The number of aromatic nitrogens is 3. The maximum atomic E-state index is 13.3. The lowest BCUT2D eigenvalue weighted by molar-refractivity contribution is -0.119. The molecule has 3 fully saturated rings. The molecule has 208 valence electrons. The quantitative estimate of drug-likeness (QED) is 0.370. The van der Waals surface area contributed by atoms with Crippen molar-refractivity contribution in [2.24, 2.45) is 11.7 Å². The first-order chi connectivity index (χ1) is 19.4. The number of pyridine rings is 1. The van der Waals surface area contributed by atoms with Gasteiger partial charge in [-0.1, -0.05) is 12.1 Å².